The number of pyridine rings is 1. The van der Waals surface area contributed by atoms with Crippen LogP contribution in [0.25, 0.3) is 11.3 Å². The van der Waals surface area contributed by atoms with Crippen LogP contribution in [0.4, 0.5) is 5.82 Å². The Kier molecular flexibility index (Phi) is 6.99. The van der Waals surface area contributed by atoms with Crippen molar-refractivity contribution in [3.05, 3.63) is 71.8 Å². The Balaban J connectivity index is 1.48. The zero-order valence-corrected chi connectivity index (χ0v) is 19.9. The molecule has 1 fully saturated rings. The third-order valence-electron chi connectivity index (χ3n) is 6.00. The number of likely N-dealkylation sites (tertiary alicyclic amines) is 1. The summed E-state index contributed by atoms with van der Waals surface area (Å²) in [6.45, 7) is 3.91. The van der Waals surface area contributed by atoms with Crippen LogP contribution in [0, 0.1) is 0 Å². The van der Waals surface area contributed by atoms with Gasteiger partial charge in [0, 0.05) is 58.5 Å². The molecular formula is C26H32N6O. The maximum Gasteiger partial charge on any atom is 0.220 e. The fourth-order valence-corrected chi connectivity index (χ4v) is 4.33. The van der Waals surface area contributed by atoms with E-state index in [-0.39, 0.29) is 11.9 Å². The number of hydrogen-bond acceptors (Lipinski definition) is 6. The van der Waals surface area contributed by atoms with Gasteiger partial charge >= 0.3 is 0 Å². The third-order valence-corrected chi connectivity index (χ3v) is 6.00. The molecule has 0 spiro atoms. The molecule has 33 heavy (non-hydrogen) atoms. The molecule has 0 radical (unpaired) electrons. The smallest absolute Gasteiger partial charge is 0.220 e. The minimum absolute atomic E-state index is 0.0365. The first-order chi connectivity index (χ1) is 15.9. The molecule has 1 amide bonds. The molecule has 0 bridgehead atoms. The first kappa shape index (κ1) is 22.9. The van der Waals surface area contributed by atoms with Gasteiger partial charge in [0.2, 0.25) is 5.91 Å². The van der Waals surface area contributed by atoms with Crippen LogP contribution >= 0.6 is 0 Å². The van der Waals surface area contributed by atoms with E-state index in [4.69, 9.17) is 9.97 Å². The van der Waals surface area contributed by atoms with Gasteiger partial charge in [-0.05, 0) is 37.6 Å². The second kappa shape index (κ2) is 10.1. The molecule has 1 atom stereocenters. The molecule has 1 aromatic carbocycles. The van der Waals surface area contributed by atoms with E-state index in [9.17, 15) is 4.79 Å². The van der Waals surface area contributed by atoms with Crippen molar-refractivity contribution in [2.45, 2.75) is 38.9 Å². The summed E-state index contributed by atoms with van der Waals surface area (Å²) in [6.07, 6.45) is 3.72. The molecule has 0 aliphatic carbocycles. The standard InChI is InChI=1S/C26H32N6O/c1-19(33)32-15-7-9-24(32)26-28-22(16-25(29-26)30(2)3)18-31(4)17-20-10-12-21(13-11-20)23-8-5-6-14-27-23/h5-6,8,10-14,16,24H,7,9,15,17-18H2,1-4H3/t24-/m0/s1. The molecule has 1 saturated heterocycles. The highest BCUT2D eigenvalue weighted by Gasteiger charge is 2.30. The van der Waals surface area contributed by atoms with Crippen LogP contribution in [-0.4, -0.2) is 58.3 Å². The van der Waals surface area contributed by atoms with Crippen molar-refractivity contribution in [1.29, 1.82) is 0 Å². The summed E-state index contributed by atoms with van der Waals surface area (Å²) >= 11 is 0. The maximum absolute atomic E-state index is 12.1. The van der Waals surface area contributed by atoms with Gasteiger partial charge in [0.05, 0.1) is 17.4 Å². The number of carbonyl (C=O) groups excluding carboxylic acids is 1. The molecule has 1 aliphatic heterocycles. The van der Waals surface area contributed by atoms with Gasteiger partial charge in [0.15, 0.2) is 5.82 Å². The molecule has 4 rings (SSSR count). The van der Waals surface area contributed by atoms with E-state index < -0.39 is 0 Å². The van der Waals surface area contributed by atoms with Crippen molar-refractivity contribution in [3.8, 4) is 11.3 Å². The maximum atomic E-state index is 12.1. The number of carbonyl (C=O) groups is 1. The van der Waals surface area contributed by atoms with E-state index >= 15 is 0 Å². The Bertz CT molecular complexity index is 1080. The highest BCUT2D eigenvalue weighted by molar-refractivity contribution is 5.74. The average Bonchev–Trinajstić information content (AvgIpc) is 3.30. The van der Waals surface area contributed by atoms with Crippen LogP contribution in [0.5, 0.6) is 0 Å². The van der Waals surface area contributed by atoms with E-state index in [0.29, 0.717) is 6.54 Å². The molecule has 3 heterocycles. The van der Waals surface area contributed by atoms with Gasteiger partial charge in [-0.25, -0.2) is 9.97 Å². The number of hydrogen-bond donors (Lipinski definition) is 0. The van der Waals surface area contributed by atoms with Crippen LogP contribution < -0.4 is 4.90 Å². The lowest BCUT2D eigenvalue weighted by molar-refractivity contribution is -0.129. The van der Waals surface area contributed by atoms with E-state index in [1.165, 1.54) is 5.56 Å². The van der Waals surface area contributed by atoms with Crippen molar-refractivity contribution in [1.82, 2.24) is 24.8 Å². The van der Waals surface area contributed by atoms with Crippen LogP contribution in [0.2, 0.25) is 0 Å². The van der Waals surface area contributed by atoms with Crippen LogP contribution in [-0.2, 0) is 17.9 Å². The summed E-state index contributed by atoms with van der Waals surface area (Å²) in [7, 11) is 6.07. The second-order valence-corrected chi connectivity index (χ2v) is 8.92. The van der Waals surface area contributed by atoms with Crippen molar-refractivity contribution < 1.29 is 4.79 Å². The lowest BCUT2D eigenvalue weighted by atomic mass is 10.1. The number of benzene rings is 1. The predicted octanol–water partition coefficient (Wildman–Crippen LogP) is 3.92. The van der Waals surface area contributed by atoms with Gasteiger partial charge in [0.25, 0.3) is 0 Å². The van der Waals surface area contributed by atoms with Gasteiger partial charge in [-0.1, -0.05) is 30.3 Å². The fraction of sp³-hybridized carbons (Fsp3) is 0.385. The molecule has 0 saturated carbocycles. The lowest BCUT2D eigenvalue weighted by Crippen LogP contribution is -2.30. The topological polar surface area (TPSA) is 65.5 Å². The Morgan fingerprint density at radius 3 is 2.52 bits per heavy atom. The lowest BCUT2D eigenvalue weighted by Gasteiger charge is -2.24. The number of nitrogens with zero attached hydrogens (tertiary/aromatic N) is 6. The van der Waals surface area contributed by atoms with Crippen molar-refractivity contribution in [2.75, 3.05) is 32.6 Å². The average molecular weight is 445 g/mol. The summed E-state index contributed by atoms with van der Waals surface area (Å²) in [5.41, 5.74) is 4.29. The molecule has 2 aromatic heterocycles. The van der Waals surface area contributed by atoms with E-state index in [0.717, 1.165) is 54.5 Å². The van der Waals surface area contributed by atoms with Gasteiger partial charge < -0.3 is 9.80 Å². The SMILES string of the molecule is CC(=O)N1CCC[C@H]1c1nc(CN(C)Cc2ccc(-c3ccccn3)cc2)cc(N(C)C)n1. The van der Waals surface area contributed by atoms with Crippen molar-refractivity contribution in [2.24, 2.45) is 0 Å². The molecule has 7 heteroatoms. The number of aromatic nitrogens is 3. The van der Waals surface area contributed by atoms with E-state index in [2.05, 4.69) is 41.2 Å². The minimum Gasteiger partial charge on any atom is -0.363 e. The molecule has 1 aliphatic rings. The van der Waals surface area contributed by atoms with Gasteiger partial charge in [-0.2, -0.15) is 0 Å². The summed E-state index contributed by atoms with van der Waals surface area (Å²) in [4.78, 5) is 32.3. The summed E-state index contributed by atoms with van der Waals surface area (Å²) < 4.78 is 0. The number of rotatable bonds is 7. The molecular weight excluding hydrogens is 412 g/mol. The summed E-state index contributed by atoms with van der Waals surface area (Å²) in [5.74, 6) is 1.71. The number of amides is 1. The molecule has 0 N–H and O–H groups in total. The monoisotopic (exact) mass is 444 g/mol. The Hall–Kier alpha value is -3.32. The normalized spacial score (nSPS) is 15.8. The van der Waals surface area contributed by atoms with Crippen LogP contribution in [0.3, 0.4) is 0 Å². The zero-order valence-electron chi connectivity index (χ0n) is 19.9. The second-order valence-electron chi connectivity index (χ2n) is 8.92. The highest BCUT2D eigenvalue weighted by atomic mass is 16.2. The first-order valence-electron chi connectivity index (χ1n) is 11.4. The van der Waals surface area contributed by atoms with Crippen molar-refractivity contribution >= 4 is 11.7 Å². The largest absolute Gasteiger partial charge is 0.363 e. The predicted molar refractivity (Wildman–Crippen MR) is 131 cm³/mol. The molecule has 172 valence electrons. The first-order valence-corrected chi connectivity index (χ1v) is 11.4. The van der Waals surface area contributed by atoms with Gasteiger partial charge in [-0.15, -0.1) is 0 Å². The van der Waals surface area contributed by atoms with Crippen LogP contribution in [0.15, 0.2) is 54.7 Å². The molecule has 0 unspecified atom stereocenters. The number of anilines is 1. The summed E-state index contributed by atoms with van der Waals surface area (Å²) in [5, 5.41) is 0. The minimum atomic E-state index is -0.0365. The fourth-order valence-electron chi connectivity index (χ4n) is 4.33. The summed E-state index contributed by atoms with van der Waals surface area (Å²) in [6, 6.07) is 16.5. The Morgan fingerprint density at radius 2 is 1.85 bits per heavy atom. The van der Waals surface area contributed by atoms with Crippen LogP contribution in [0.1, 0.15) is 42.9 Å². The third kappa shape index (κ3) is 5.54. The molecule has 3 aromatic rings. The van der Waals surface area contributed by atoms with Crippen molar-refractivity contribution in [3.63, 3.8) is 0 Å². The molecule has 7 nitrogen and oxygen atoms in total. The quantitative estimate of drug-likeness (QED) is 0.550. The zero-order chi connectivity index (χ0) is 23.4. The van der Waals surface area contributed by atoms with Gasteiger partial charge in [-0.3, -0.25) is 14.7 Å². The van der Waals surface area contributed by atoms with E-state index in [1.807, 2.05) is 54.4 Å². The Labute approximate surface area is 196 Å². The Morgan fingerprint density at radius 1 is 1.06 bits per heavy atom. The van der Waals surface area contributed by atoms with E-state index in [1.54, 1.807) is 6.92 Å². The van der Waals surface area contributed by atoms with Gasteiger partial charge in [0.1, 0.15) is 5.82 Å². The highest BCUT2D eigenvalue weighted by Crippen LogP contribution is 2.31.